The summed E-state index contributed by atoms with van der Waals surface area (Å²) in [6.45, 7) is 5.70. The molecule has 0 spiro atoms. The van der Waals surface area contributed by atoms with Crippen molar-refractivity contribution in [3.8, 4) is 0 Å². The predicted molar refractivity (Wildman–Crippen MR) is 50.2 cm³/mol. The Morgan fingerprint density at radius 1 is 1.50 bits per heavy atom. The van der Waals surface area contributed by atoms with Gasteiger partial charge in [-0.2, -0.15) is 0 Å². The molecule has 0 rings (SSSR count). The molecular weight excluding hydrogens is 224 g/mol. The van der Waals surface area contributed by atoms with E-state index in [1.165, 1.54) is 0 Å². The lowest BCUT2D eigenvalue weighted by Crippen LogP contribution is -2.29. The molecule has 0 saturated heterocycles. The van der Waals surface area contributed by atoms with Gasteiger partial charge in [-0.3, -0.25) is 0 Å². The fraction of sp³-hybridized carbons (Fsp3) is 0.875. The molecule has 3 nitrogen and oxygen atoms in total. The second kappa shape index (κ2) is 5.54. The first-order valence-electron chi connectivity index (χ1n) is 3.94. The summed E-state index contributed by atoms with van der Waals surface area (Å²) in [7, 11) is 0. The summed E-state index contributed by atoms with van der Waals surface area (Å²) < 4.78 is 4.79. The average molecular weight is 239 g/mol. The maximum Gasteiger partial charge on any atom is 0.335 e. The van der Waals surface area contributed by atoms with Gasteiger partial charge in [0.15, 0.2) is 6.10 Å². The first kappa shape index (κ1) is 11.9. The van der Waals surface area contributed by atoms with E-state index in [0.29, 0.717) is 6.61 Å². The minimum Gasteiger partial charge on any atom is -0.463 e. The quantitative estimate of drug-likeness (QED) is 0.594. The lowest BCUT2D eigenvalue weighted by Gasteiger charge is -2.13. The number of alkyl halides is 1. The van der Waals surface area contributed by atoms with Gasteiger partial charge in [-0.1, -0.05) is 29.8 Å². The van der Waals surface area contributed by atoms with Gasteiger partial charge >= 0.3 is 5.97 Å². The highest BCUT2D eigenvalue weighted by Crippen LogP contribution is 2.05. The van der Waals surface area contributed by atoms with Crippen molar-refractivity contribution in [2.45, 2.75) is 31.7 Å². The van der Waals surface area contributed by atoms with E-state index in [1.54, 1.807) is 13.8 Å². The second-order valence-electron chi connectivity index (χ2n) is 3.10. The topological polar surface area (TPSA) is 46.5 Å². The number of hydrogen-bond acceptors (Lipinski definition) is 3. The van der Waals surface area contributed by atoms with E-state index in [0.717, 1.165) is 0 Å². The highest BCUT2D eigenvalue weighted by molar-refractivity contribution is 9.09. The number of carbonyl (C=O) groups is 1. The Hall–Kier alpha value is -0.0900. The molecule has 0 bridgehead atoms. The summed E-state index contributed by atoms with van der Waals surface area (Å²) in [4.78, 5) is 11.1. The smallest absolute Gasteiger partial charge is 0.335 e. The predicted octanol–water partition coefficient (Wildman–Crippen LogP) is 1.33. The molecule has 4 heteroatoms. The van der Waals surface area contributed by atoms with Gasteiger partial charge in [0, 0.05) is 4.83 Å². The van der Waals surface area contributed by atoms with Crippen LogP contribution in [-0.4, -0.2) is 28.6 Å². The van der Waals surface area contributed by atoms with Crippen LogP contribution in [0.2, 0.25) is 0 Å². The van der Waals surface area contributed by atoms with Crippen LogP contribution in [0.4, 0.5) is 0 Å². The van der Waals surface area contributed by atoms with E-state index < -0.39 is 12.1 Å². The molecule has 0 aromatic carbocycles. The second-order valence-corrected chi connectivity index (χ2v) is 4.66. The van der Waals surface area contributed by atoms with Gasteiger partial charge in [-0.15, -0.1) is 0 Å². The Kier molecular flexibility index (Phi) is 5.50. The van der Waals surface area contributed by atoms with Crippen molar-refractivity contribution in [3.63, 3.8) is 0 Å². The normalized spacial score (nSPS) is 15.8. The zero-order chi connectivity index (χ0) is 9.72. The molecule has 72 valence electrons. The lowest BCUT2D eigenvalue weighted by atomic mass is 10.1. The van der Waals surface area contributed by atoms with Gasteiger partial charge in [0.1, 0.15) is 6.61 Å². The molecule has 0 heterocycles. The molecule has 0 aromatic rings. The van der Waals surface area contributed by atoms with E-state index in [1.807, 2.05) is 6.92 Å². The fourth-order valence-corrected chi connectivity index (χ4v) is 0.687. The van der Waals surface area contributed by atoms with Crippen LogP contribution in [0.3, 0.4) is 0 Å². The monoisotopic (exact) mass is 238 g/mol. The standard InChI is InChI=1S/C8H15BrO3/c1-5(2)7(10)8(11)12-4-6(3)9/h5-7,10H,4H2,1-3H3/t6?,7-/m1/s1. The summed E-state index contributed by atoms with van der Waals surface area (Å²) in [5.74, 6) is -0.639. The third-order valence-corrected chi connectivity index (χ3v) is 1.59. The lowest BCUT2D eigenvalue weighted by molar-refractivity contribution is -0.155. The molecule has 0 aliphatic heterocycles. The van der Waals surface area contributed by atoms with Gasteiger partial charge < -0.3 is 9.84 Å². The molecule has 0 radical (unpaired) electrons. The Bertz CT molecular complexity index is 145. The van der Waals surface area contributed by atoms with E-state index in [-0.39, 0.29) is 10.7 Å². The molecule has 2 atom stereocenters. The Balaban J connectivity index is 3.72. The number of ether oxygens (including phenoxy) is 1. The van der Waals surface area contributed by atoms with Crippen LogP contribution in [0.25, 0.3) is 0 Å². The van der Waals surface area contributed by atoms with Crippen molar-refractivity contribution in [3.05, 3.63) is 0 Å². The summed E-state index contributed by atoms with van der Waals surface area (Å²) in [6, 6.07) is 0. The van der Waals surface area contributed by atoms with Crippen LogP contribution in [0, 0.1) is 5.92 Å². The number of rotatable bonds is 4. The minimum atomic E-state index is -1.00. The van der Waals surface area contributed by atoms with Gasteiger partial charge in [0.25, 0.3) is 0 Å². The number of hydrogen-bond donors (Lipinski definition) is 1. The maximum atomic E-state index is 11.0. The molecule has 0 aromatic heterocycles. The number of halogens is 1. The van der Waals surface area contributed by atoms with Crippen LogP contribution >= 0.6 is 15.9 Å². The molecule has 0 aliphatic carbocycles. The average Bonchev–Trinajstić information content (AvgIpc) is 1.98. The first-order valence-corrected chi connectivity index (χ1v) is 4.85. The van der Waals surface area contributed by atoms with Gasteiger partial charge in [0.2, 0.25) is 0 Å². The van der Waals surface area contributed by atoms with Crippen molar-refractivity contribution < 1.29 is 14.6 Å². The van der Waals surface area contributed by atoms with E-state index >= 15 is 0 Å². The molecule has 0 fully saturated rings. The van der Waals surface area contributed by atoms with E-state index in [9.17, 15) is 9.90 Å². The summed E-state index contributed by atoms with van der Waals surface area (Å²) in [5, 5.41) is 9.22. The van der Waals surface area contributed by atoms with E-state index in [4.69, 9.17) is 4.74 Å². The fourth-order valence-electron chi connectivity index (χ4n) is 0.555. The molecule has 0 amide bonds. The number of esters is 1. The van der Waals surface area contributed by atoms with Gasteiger partial charge in [-0.25, -0.2) is 4.79 Å². The zero-order valence-electron chi connectivity index (χ0n) is 7.58. The van der Waals surface area contributed by atoms with Crippen LogP contribution < -0.4 is 0 Å². The van der Waals surface area contributed by atoms with Crippen molar-refractivity contribution in [2.24, 2.45) is 5.92 Å². The molecule has 1 unspecified atom stereocenters. The zero-order valence-corrected chi connectivity index (χ0v) is 9.17. The maximum absolute atomic E-state index is 11.0. The third kappa shape index (κ3) is 4.72. The summed E-state index contributed by atoms with van der Waals surface area (Å²) >= 11 is 3.23. The van der Waals surface area contributed by atoms with Crippen molar-refractivity contribution in [2.75, 3.05) is 6.61 Å². The Labute approximate surface area is 81.2 Å². The minimum absolute atomic E-state index is 0.0943. The highest BCUT2D eigenvalue weighted by Gasteiger charge is 2.20. The van der Waals surface area contributed by atoms with E-state index in [2.05, 4.69) is 15.9 Å². The largest absolute Gasteiger partial charge is 0.463 e. The number of aliphatic hydroxyl groups is 1. The van der Waals surface area contributed by atoms with Crippen LogP contribution in [-0.2, 0) is 9.53 Å². The highest BCUT2D eigenvalue weighted by atomic mass is 79.9. The van der Waals surface area contributed by atoms with Crippen molar-refractivity contribution in [1.29, 1.82) is 0 Å². The Morgan fingerprint density at radius 2 is 2.00 bits per heavy atom. The number of aliphatic hydroxyl groups excluding tert-OH is 1. The van der Waals surface area contributed by atoms with Crippen molar-refractivity contribution in [1.82, 2.24) is 0 Å². The SMILES string of the molecule is CC(Br)COC(=O)[C@H](O)C(C)C. The van der Waals surface area contributed by atoms with Crippen LogP contribution in [0.15, 0.2) is 0 Å². The molecule has 0 aliphatic rings. The number of carbonyl (C=O) groups excluding carboxylic acids is 1. The summed E-state index contributed by atoms with van der Waals surface area (Å²) in [6.07, 6.45) is -1.00. The third-order valence-electron chi connectivity index (χ3n) is 1.33. The molecule has 0 saturated carbocycles. The molecule has 1 N–H and O–H groups in total. The van der Waals surface area contributed by atoms with Crippen LogP contribution in [0.1, 0.15) is 20.8 Å². The first-order chi connectivity index (χ1) is 5.45. The van der Waals surface area contributed by atoms with Crippen molar-refractivity contribution >= 4 is 21.9 Å². The molecular formula is C8H15BrO3. The van der Waals surface area contributed by atoms with Gasteiger partial charge in [0.05, 0.1) is 0 Å². The summed E-state index contributed by atoms with van der Waals surface area (Å²) in [5.41, 5.74) is 0. The Morgan fingerprint density at radius 3 is 2.33 bits per heavy atom. The van der Waals surface area contributed by atoms with Gasteiger partial charge in [-0.05, 0) is 12.8 Å². The molecule has 12 heavy (non-hydrogen) atoms. The van der Waals surface area contributed by atoms with Crippen LogP contribution in [0.5, 0.6) is 0 Å².